The number of benzene rings is 1. The van der Waals surface area contributed by atoms with Crippen LogP contribution in [0.1, 0.15) is 43.0 Å². The summed E-state index contributed by atoms with van der Waals surface area (Å²) in [6.07, 6.45) is 4.59. The third-order valence-electron chi connectivity index (χ3n) is 4.52. The minimum atomic E-state index is -0.671. The van der Waals surface area contributed by atoms with Crippen LogP contribution in [0.3, 0.4) is 0 Å². The highest BCUT2D eigenvalue weighted by Crippen LogP contribution is 2.38. The fourth-order valence-corrected chi connectivity index (χ4v) is 3.15. The van der Waals surface area contributed by atoms with Crippen molar-refractivity contribution in [3.8, 4) is 0 Å². The molecule has 7 nitrogen and oxygen atoms in total. The Kier molecular flexibility index (Phi) is 4.99. The molecule has 1 aromatic carbocycles. The van der Waals surface area contributed by atoms with E-state index >= 15 is 0 Å². The van der Waals surface area contributed by atoms with Gasteiger partial charge >= 0.3 is 5.97 Å². The monoisotopic (exact) mass is 334 g/mol. The zero-order valence-corrected chi connectivity index (χ0v) is 13.7. The number of hydrogen-bond donors (Lipinski definition) is 1. The van der Waals surface area contributed by atoms with Crippen molar-refractivity contribution in [2.75, 3.05) is 18.5 Å². The lowest BCUT2D eigenvalue weighted by molar-refractivity contribution is -0.385. The average Bonchev–Trinajstić information content (AvgIpc) is 3.40. The molecule has 1 aromatic rings. The molecule has 1 heterocycles. The molecule has 2 fully saturated rings. The summed E-state index contributed by atoms with van der Waals surface area (Å²) < 4.78 is 10.7. The van der Waals surface area contributed by atoms with Crippen molar-refractivity contribution in [2.45, 2.75) is 44.8 Å². The first-order valence-corrected chi connectivity index (χ1v) is 8.42. The fourth-order valence-electron chi connectivity index (χ4n) is 3.15. The Hall–Kier alpha value is -2.15. The first-order valence-electron chi connectivity index (χ1n) is 8.42. The Morgan fingerprint density at radius 2 is 2.21 bits per heavy atom. The number of nitro benzene ring substituents is 1. The van der Waals surface area contributed by atoms with Gasteiger partial charge in [0.25, 0.3) is 5.69 Å². The first kappa shape index (κ1) is 16.7. The summed E-state index contributed by atoms with van der Waals surface area (Å²) in [5, 5.41) is 14.5. The van der Waals surface area contributed by atoms with E-state index < -0.39 is 10.9 Å². The Balaban J connectivity index is 1.74. The van der Waals surface area contributed by atoms with Gasteiger partial charge in [0.05, 0.1) is 17.6 Å². The zero-order chi connectivity index (χ0) is 17.1. The van der Waals surface area contributed by atoms with Crippen LogP contribution < -0.4 is 5.32 Å². The van der Waals surface area contributed by atoms with Crippen LogP contribution in [-0.2, 0) is 9.47 Å². The smallest absolute Gasteiger partial charge is 0.345 e. The molecule has 2 atom stereocenters. The second-order valence-electron chi connectivity index (χ2n) is 6.32. The van der Waals surface area contributed by atoms with E-state index in [0.717, 1.165) is 19.4 Å². The maximum absolute atomic E-state index is 12.0. The first-order chi connectivity index (χ1) is 11.6. The number of carbonyl (C=O) groups excluding carboxylic acids is 1. The molecule has 1 aliphatic heterocycles. The van der Waals surface area contributed by atoms with E-state index in [-0.39, 0.29) is 23.9 Å². The molecule has 0 aromatic heterocycles. The molecule has 7 heteroatoms. The lowest BCUT2D eigenvalue weighted by atomic mass is 9.99. The van der Waals surface area contributed by atoms with Crippen molar-refractivity contribution in [1.82, 2.24) is 0 Å². The lowest BCUT2D eigenvalue weighted by Gasteiger charge is -2.31. The van der Waals surface area contributed by atoms with Crippen LogP contribution in [0.5, 0.6) is 0 Å². The summed E-state index contributed by atoms with van der Waals surface area (Å²) in [7, 11) is 0. The highest BCUT2D eigenvalue weighted by molar-refractivity contribution is 5.95. The largest absolute Gasteiger partial charge is 0.462 e. The molecule has 2 unspecified atom stereocenters. The number of hydrogen-bond acceptors (Lipinski definition) is 6. The van der Waals surface area contributed by atoms with E-state index in [9.17, 15) is 14.9 Å². The molecule has 130 valence electrons. The minimum absolute atomic E-state index is 0.0161. The number of carbonyl (C=O) groups is 1. The van der Waals surface area contributed by atoms with E-state index in [0.29, 0.717) is 17.7 Å². The standard InChI is InChI=1S/C17H22N2O5/c1-2-23-17(20)14-9-12(5-6-15(14)19(21)22)18-13-7-8-24-16(10-13)11-3-4-11/h5-6,9,11,13,16,18H,2-4,7-8,10H2,1H3. The number of nitro groups is 1. The van der Waals surface area contributed by atoms with Gasteiger partial charge in [-0.3, -0.25) is 10.1 Å². The van der Waals surface area contributed by atoms with E-state index in [4.69, 9.17) is 9.47 Å². The molecular formula is C17H22N2O5. The molecule has 0 bridgehead atoms. The quantitative estimate of drug-likeness (QED) is 0.488. The average molecular weight is 334 g/mol. The third kappa shape index (κ3) is 3.84. The number of nitrogens with zero attached hydrogens (tertiary/aromatic N) is 1. The Labute approximate surface area is 140 Å². The molecule has 0 spiro atoms. The second-order valence-corrected chi connectivity index (χ2v) is 6.32. The maximum Gasteiger partial charge on any atom is 0.345 e. The number of ether oxygens (including phenoxy) is 2. The summed E-state index contributed by atoms with van der Waals surface area (Å²) in [6.45, 7) is 2.57. The summed E-state index contributed by atoms with van der Waals surface area (Å²) >= 11 is 0. The number of esters is 1. The molecule has 2 aliphatic rings. The van der Waals surface area contributed by atoms with Crippen molar-refractivity contribution in [3.05, 3.63) is 33.9 Å². The highest BCUT2D eigenvalue weighted by atomic mass is 16.6. The van der Waals surface area contributed by atoms with Gasteiger partial charge < -0.3 is 14.8 Å². The second kappa shape index (κ2) is 7.17. The number of rotatable bonds is 6. The van der Waals surface area contributed by atoms with Crippen LogP contribution in [0.25, 0.3) is 0 Å². The van der Waals surface area contributed by atoms with Gasteiger partial charge in [-0.1, -0.05) is 0 Å². The van der Waals surface area contributed by atoms with Gasteiger partial charge in [-0.05, 0) is 50.7 Å². The molecule has 1 saturated heterocycles. The van der Waals surface area contributed by atoms with E-state index in [1.165, 1.54) is 25.0 Å². The summed E-state index contributed by atoms with van der Waals surface area (Å²) in [5.41, 5.74) is 0.449. The Bertz CT molecular complexity index is 629. The highest BCUT2D eigenvalue weighted by Gasteiger charge is 2.36. The van der Waals surface area contributed by atoms with Crippen LogP contribution >= 0.6 is 0 Å². The SMILES string of the molecule is CCOC(=O)c1cc(NC2CCOC(C3CC3)C2)ccc1[N+](=O)[O-]. The van der Waals surface area contributed by atoms with Crippen LogP contribution in [0.4, 0.5) is 11.4 Å². The lowest BCUT2D eigenvalue weighted by Crippen LogP contribution is -2.35. The summed E-state index contributed by atoms with van der Waals surface area (Å²) in [4.78, 5) is 22.5. The minimum Gasteiger partial charge on any atom is -0.462 e. The van der Waals surface area contributed by atoms with Gasteiger partial charge in [0.1, 0.15) is 5.56 Å². The normalized spacial score (nSPS) is 23.5. The fraction of sp³-hybridized carbons (Fsp3) is 0.588. The number of anilines is 1. The van der Waals surface area contributed by atoms with Crippen molar-refractivity contribution in [1.29, 1.82) is 0 Å². The molecule has 0 radical (unpaired) electrons. The van der Waals surface area contributed by atoms with Crippen molar-refractivity contribution in [2.24, 2.45) is 5.92 Å². The molecule has 1 saturated carbocycles. The van der Waals surface area contributed by atoms with Gasteiger partial charge in [-0.25, -0.2) is 4.79 Å². The van der Waals surface area contributed by atoms with E-state index in [1.807, 2.05) is 0 Å². The van der Waals surface area contributed by atoms with Crippen LogP contribution in [0, 0.1) is 16.0 Å². The van der Waals surface area contributed by atoms with E-state index in [2.05, 4.69) is 5.32 Å². The Morgan fingerprint density at radius 3 is 2.88 bits per heavy atom. The van der Waals surface area contributed by atoms with Crippen molar-refractivity contribution >= 4 is 17.3 Å². The predicted molar refractivity (Wildman–Crippen MR) is 88.2 cm³/mol. The van der Waals surface area contributed by atoms with Gasteiger partial charge in [-0.2, -0.15) is 0 Å². The van der Waals surface area contributed by atoms with Gasteiger partial charge in [0, 0.05) is 24.4 Å². The van der Waals surface area contributed by atoms with Crippen molar-refractivity contribution in [3.63, 3.8) is 0 Å². The molecule has 1 aliphatic carbocycles. The van der Waals surface area contributed by atoms with Gasteiger partial charge in [0.2, 0.25) is 0 Å². The van der Waals surface area contributed by atoms with Crippen LogP contribution in [0.2, 0.25) is 0 Å². The maximum atomic E-state index is 12.0. The molecule has 0 amide bonds. The molecule has 1 N–H and O–H groups in total. The topological polar surface area (TPSA) is 90.7 Å². The molecule has 24 heavy (non-hydrogen) atoms. The zero-order valence-electron chi connectivity index (χ0n) is 13.7. The van der Waals surface area contributed by atoms with E-state index in [1.54, 1.807) is 13.0 Å². The van der Waals surface area contributed by atoms with Gasteiger partial charge in [-0.15, -0.1) is 0 Å². The Morgan fingerprint density at radius 1 is 1.42 bits per heavy atom. The van der Waals surface area contributed by atoms with Crippen LogP contribution in [0.15, 0.2) is 18.2 Å². The van der Waals surface area contributed by atoms with Crippen molar-refractivity contribution < 1.29 is 19.2 Å². The third-order valence-corrected chi connectivity index (χ3v) is 4.52. The molecular weight excluding hydrogens is 312 g/mol. The summed E-state index contributed by atoms with van der Waals surface area (Å²) in [6, 6.07) is 4.76. The predicted octanol–water partition coefficient (Wildman–Crippen LogP) is 3.14. The molecule has 3 rings (SSSR count). The number of nitrogens with one attached hydrogen (secondary N) is 1. The van der Waals surface area contributed by atoms with Gasteiger partial charge in [0.15, 0.2) is 0 Å². The van der Waals surface area contributed by atoms with Crippen LogP contribution in [-0.4, -0.2) is 36.3 Å². The summed E-state index contributed by atoms with van der Waals surface area (Å²) in [5.74, 6) is 0.0113.